The maximum absolute atomic E-state index is 13.8. The van der Waals surface area contributed by atoms with Gasteiger partial charge in [-0.05, 0) is 29.7 Å². The molecule has 0 radical (unpaired) electrons. The van der Waals surface area contributed by atoms with Gasteiger partial charge in [0.25, 0.3) is 0 Å². The number of benzene rings is 3. The highest BCUT2D eigenvalue weighted by Crippen LogP contribution is 2.27. The molecule has 2 amide bonds. The number of rotatable bonds is 9. The molecule has 6 nitrogen and oxygen atoms in total. The lowest BCUT2D eigenvalue weighted by atomic mass is 9.92. The van der Waals surface area contributed by atoms with Crippen molar-refractivity contribution in [1.29, 1.82) is 0 Å². The highest BCUT2D eigenvalue weighted by atomic mass is 16.2. The standard InChI is InChI=1S/C32H36N4O2/c1-5-27(25-17-11-7-12-18-25)31(38)35(22-24-15-9-6-10-16-24)23-30(37)33-29-21-28(32(2,3)4)34-36(29)26-19-13-8-14-20-26/h6-21,27H,5,22-23H2,1-4H3,(H,33,37). The van der Waals surface area contributed by atoms with Gasteiger partial charge in [-0.2, -0.15) is 5.10 Å². The molecule has 1 unspecified atom stereocenters. The molecule has 0 spiro atoms. The second-order valence-electron chi connectivity index (χ2n) is 10.5. The molecule has 0 saturated carbocycles. The van der Waals surface area contributed by atoms with E-state index in [0.717, 1.165) is 22.5 Å². The van der Waals surface area contributed by atoms with Crippen LogP contribution in [0.1, 0.15) is 56.9 Å². The van der Waals surface area contributed by atoms with Crippen LogP contribution in [0.3, 0.4) is 0 Å². The molecule has 3 aromatic carbocycles. The van der Waals surface area contributed by atoms with Crippen molar-refractivity contribution >= 4 is 17.6 Å². The first kappa shape index (κ1) is 26.9. The molecule has 0 saturated heterocycles. The van der Waals surface area contributed by atoms with Gasteiger partial charge in [0.05, 0.1) is 17.3 Å². The molecule has 0 bridgehead atoms. The Morgan fingerprint density at radius 3 is 2.05 bits per heavy atom. The molecule has 1 heterocycles. The average Bonchev–Trinajstić information content (AvgIpc) is 3.35. The molecule has 6 heteroatoms. The second kappa shape index (κ2) is 11.9. The number of carbonyl (C=O) groups excluding carboxylic acids is 2. The minimum absolute atomic E-state index is 0.0651. The lowest BCUT2D eigenvalue weighted by Crippen LogP contribution is -2.40. The Morgan fingerprint density at radius 2 is 1.47 bits per heavy atom. The summed E-state index contributed by atoms with van der Waals surface area (Å²) in [5.74, 6) is -0.0808. The number of nitrogens with zero attached hydrogens (tertiary/aromatic N) is 3. The van der Waals surface area contributed by atoms with Crippen molar-refractivity contribution in [2.75, 3.05) is 11.9 Å². The van der Waals surface area contributed by atoms with Crippen LogP contribution in [0.4, 0.5) is 5.82 Å². The van der Waals surface area contributed by atoms with Gasteiger partial charge in [0.15, 0.2) is 0 Å². The average molecular weight is 509 g/mol. The van der Waals surface area contributed by atoms with Crippen LogP contribution in [-0.4, -0.2) is 33.0 Å². The summed E-state index contributed by atoms with van der Waals surface area (Å²) in [6.45, 7) is 8.55. The summed E-state index contributed by atoms with van der Waals surface area (Å²) in [4.78, 5) is 28.9. The van der Waals surface area contributed by atoms with Gasteiger partial charge >= 0.3 is 0 Å². The van der Waals surface area contributed by atoms with Crippen molar-refractivity contribution < 1.29 is 9.59 Å². The molecular weight excluding hydrogens is 472 g/mol. The summed E-state index contributed by atoms with van der Waals surface area (Å²) in [5.41, 5.74) is 3.45. The molecule has 4 rings (SSSR count). The van der Waals surface area contributed by atoms with Gasteiger partial charge < -0.3 is 10.2 Å². The normalized spacial score (nSPS) is 12.1. The first-order valence-electron chi connectivity index (χ1n) is 13.1. The van der Waals surface area contributed by atoms with Gasteiger partial charge in [0, 0.05) is 18.0 Å². The lowest BCUT2D eigenvalue weighted by molar-refractivity contribution is -0.136. The van der Waals surface area contributed by atoms with Crippen LogP contribution in [-0.2, 0) is 21.5 Å². The first-order valence-corrected chi connectivity index (χ1v) is 13.1. The van der Waals surface area contributed by atoms with Crippen molar-refractivity contribution in [3.8, 4) is 5.69 Å². The monoisotopic (exact) mass is 508 g/mol. The Hall–Kier alpha value is -4.19. The minimum atomic E-state index is -0.324. The molecule has 1 atom stereocenters. The molecule has 0 fully saturated rings. The van der Waals surface area contributed by atoms with Crippen LogP contribution in [0.25, 0.3) is 5.69 Å². The van der Waals surface area contributed by atoms with Gasteiger partial charge in [-0.3, -0.25) is 9.59 Å². The number of carbonyl (C=O) groups is 2. The Balaban J connectivity index is 1.61. The Bertz CT molecular complexity index is 1340. The fourth-order valence-electron chi connectivity index (χ4n) is 4.43. The second-order valence-corrected chi connectivity index (χ2v) is 10.5. The summed E-state index contributed by atoms with van der Waals surface area (Å²) in [7, 11) is 0. The number of anilines is 1. The molecule has 4 aromatic rings. The minimum Gasteiger partial charge on any atom is -0.329 e. The van der Waals surface area contributed by atoms with Crippen LogP contribution in [0, 0.1) is 0 Å². The summed E-state index contributed by atoms with van der Waals surface area (Å²) >= 11 is 0. The molecule has 1 N–H and O–H groups in total. The van der Waals surface area contributed by atoms with Crippen molar-refractivity contribution in [2.24, 2.45) is 0 Å². The quantitative estimate of drug-likeness (QED) is 0.287. The highest BCUT2D eigenvalue weighted by molar-refractivity contribution is 5.95. The predicted octanol–water partition coefficient (Wildman–Crippen LogP) is 6.33. The van der Waals surface area contributed by atoms with E-state index in [4.69, 9.17) is 5.10 Å². The van der Waals surface area contributed by atoms with E-state index in [1.54, 1.807) is 9.58 Å². The maximum atomic E-state index is 13.8. The Kier molecular flexibility index (Phi) is 8.41. The van der Waals surface area contributed by atoms with Crippen LogP contribution >= 0.6 is 0 Å². The van der Waals surface area contributed by atoms with Crippen LogP contribution in [0.15, 0.2) is 97.1 Å². The lowest BCUT2D eigenvalue weighted by Gasteiger charge is -2.27. The number of para-hydroxylation sites is 1. The number of nitrogens with one attached hydrogen (secondary N) is 1. The van der Waals surface area contributed by atoms with Gasteiger partial charge in [0.2, 0.25) is 11.8 Å². The molecule has 1 aromatic heterocycles. The van der Waals surface area contributed by atoms with Gasteiger partial charge in [-0.15, -0.1) is 0 Å². The SMILES string of the molecule is CCC(C(=O)N(CC(=O)Nc1cc(C(C)(C)C)nn1-c1ccccc1)Cc1ccccc1)c1ccccc1. The fraction of sp³-hybridized carbons (Fsp3) is 0.281. The zero-order chi connectivity index (χ0) is 27.1. The molecular formula is C32H36N4O2. The summed E-state index contributed by atoms with van der Waals surface area (Å²) in [5, 5.41) is 7.83. The van der Waals surface area contributed by atoms with E-state index in [0.29, 0.717) is 18.8 Å². The first-order chi connectivity index (χ1) is 18.3. The third-order valence-corrected chi connectivity index (χ3v) is 6.52. The van der Waals surface area contributed by atoms with Crippen LogP contribution in [0.2, 0.25) is 0 Å². The van der Waals surface area contributed by atoms with Gasteiger partial charge in [-0.1, -0.05) is 107 Å². The van der Waals surface area contributed by atoms with Gasteiger partial charge in [-0.25, -0.2) is 4.68 Å². The number of hydrogen-bond acceptors (Lipinski definition) is 3. The summed E-state index contributed by atoms with van der Waals surface area (Å²) in [6.07, 6.45) is 0.644. The van der Waals surface area contributed by atoms with E-state index in [-0.39, 0.29) is 29.7 Å². The molecule has 196 valence electrons. The smallest absolute Gasteiger partial charge is 0.245 e. The zero-order valence-electron chi connectivity index (χ0n) is 22.6. The predicted molar refractivity (Wildman–Crippen MR) is 152 cm³/mol. The van der Waals surface area contributed by atoms with E-state index in [1.807, 2.05) is 104 Å². The van der Waals surface area contributed by atoms with Gasteiger partial charge in [0.1, 0.15) is 12.4 Å². The largest absolute Gasteiger partial charge is 0.329 e. The van der Waals surface area contributed by atoms with Crippen LogP contribution < -0.4 is 5.32 Å². The van der Waals surface area contributed by atoms with Crippen molar-refractivity contribution in [3.05, 3.63) is 114 Å². The molecule has 0 aliphatic carbocycles. The van der Waals surface area contributed by atoms with Crippen LogP contribution in [0.5, 0.6) is 0 Å². The maximum Gasteiger partial charge on any atom is 0.245 e. The third-order valence-electron chi connectivity index (χ3n) is 6.52. The van der Waals surface area contributed by atoms with E-state index in [9.17, 15) is 9.59 Å². The Morgan fingerprint density at radius 1 is 0.895 bits per heavy atom. The van der Waals surface area contributed by atoms with E-state index >= 15 is 0 Å². The zero-order valence-corrected chi connectivity index (χ0v) is 22.6. The van der Waals surface area contributed by atoms with E-state index in [2.05, 4.69) is 26.1 Å². The highest BCUT2D eigenvalue weighted by Gasteiger charge is 2.27. The topological polar surface area (TPSA) is 67.2 Å². The molecule has 0 aliphatic heterocycles. The van der Waals surface area contributed by atoms with Crippen molar-refractivity contribution in [2.45, 2.75) is 52.0 Å². The molecule has 38 heavy (non-hydrogen) atoms. The van der Waals surface area contributed by atoms with Crippen molar-refractivity contribution in [1.82, 2.24) is 14.7 Å². The third kappa shape index (κ3) is 6.57. The van der Waals surface area contributed by atoms with E-state index in [1.165, 1.54) is 0 Å². The summed E-state index contributed by atoms with van der Waals surface area (Å²) < 4.78 is 1.75. The number of amides is 2. The summed E-state index contributed by atoms with van der Waals surface area (Å²) in [6, 6.07) is 31.2. The number of aromatic nitrogens is 2. The van der Waals surface area contributed by atoms with E-state index < -0.39 is 0 Å². The van der Waals surface area contributed by atoms with Crippen molar-refractivity contribution in [3.63, 3.8) is 0 Å². The fourth-order valence-corrected chi connectivity index (χ4v) is 4.43. The molecule has 0 aliphatic rings. The number of hydrogen-bond donors (Lipinski definition) is 1. The Labute approximate surface area is 225 Å².